The van der Waals surface area contributed by atoms with Gasteiger partial charge in [0, 0.05) is 44.8 Å². The van der Waals surface area contributed by atoms with Crippen molar-refractivity contribution in [1.29, 1.82) is 0 Å². The van der Waals surface area contributed by atoms with Crippen molar-refractivity contribution in [2.24, 2.45) is 4.99 Å². The highest BCUT2D eigenvalue weighted by atomic mass is 35.5. The topological polar surface area (TPSA) is 48.9 Å². The van der Waals surface area contributed by atoms with Gasteiger partial charge in [0.25, 0.3) is 0 Å². The van der Waals surface area contributed by atoms with Crippen LogP contribution in [0.3, 0.4) is 0 Å². The van der Waals surface area contributed by atoms with Crippen LogP contribution in [0, 0.1) is 0 Å². The molecule has 0 radical (unpaired) electrons. The third kappa shape index (κ3) is 5.91. The second kappa shape index (κ2) is 8.87. The van der Waals surface area contributed by atoms with Crippen LogP contribution in [-0.2, 0) is 11.3 Å². The molecule has 1 aromatic carbocycles. The van der Waals surface area contributed by atoms with Gasteiger partial charge in [-0.15, -0.1) is 0 Å². The SMILES string of the molecule is CN=C(NCCN1CCOCC1)NCc1ccc(Cl)cc1. The summed E-state index contributed by atoms with van der Waals surface area (Å²) in [5.74, 6) is 0.818. The molecule has 0 unspecified atom stereocenters. The minimum atomic E-state index is 0.731. The van der Waals surface area contributed by atoms with E-state index in [0.717, 1.165) is 56.9 Å². The van der Waals surface area contributed by atoms with Crippen molar-refractivity contribution in [3.63, 3.8) is 0 Å². The minimum absolute atomic E-state index is 0.731. The normalized spacial score (nSPS) is 16.8. The standard InChI is InChI=1S/C15H23ClN4O/c1-17-15(18-6-7-20-8-10-21-11-9-20)19-12-13-2-4-14(16)5-3-13/h2-5H,6-12H2,1H3,(H2,17,18,19). The molecule has 1 aliphatic rings. The van der Waals surface area contributed by atoms with Crippen molar-refractivity contribution in [1.82, 2.24) is 15.5 Å². The van der Waals surface area contributed by atoms with Crippen LogP contribution in [-0.4, -0.2) is 57.3 Å². The van der Waals surface area contributed by atoms with Crippen LogP contribution in [0.4, 0.5) is 0 Å². The number of nitrogens with zero attached hydrogens (tertiary/aromatic N) is 2. The highest BCUT2D eigenvalue weighted by Crippen LogP contribution is 2.08. The molecule has 5 nitrogen and oxygen atoms in total. The monoisotopic (exact) mass is 310 g/mol. The summed E-state index contributed by atoms with van der Waals surface area (Å²) in [5, 5.41) is 7.38. The predicted octanol–water partition coefficient (Wildman–Crippen LogP) is 1.34. The molecule has 1 saturated heterocycles. The molecule has 0 amide bonds. The van der Waals surface area contributed by atoms with Gasteiger partial charge in [-0.25, -0.2) is 0 Å². The van der Waals surface area contributed by atoms with Gasteiger partial charge in [-0.3, -0.25) is 9.89 Å². The van der Waals surface area contributed by atoms with Crippen LogP contribution in [0.1, 0.15) is 5.56 Å². The minimum Gasteiger partial charge on any atom is -0.379 e. The van der Waals surface area contributed by atoms with Crippen molar-refractivity contribution in [2.75, 3.05) is 46.4 Å². The molecular weight excluding hydrogens is 288 g/mol. The van der Waals surface area contributed by atoms with Crippen molar-refractivity contribution < 1.29 is 4.74 Å². The van der Waals surface area contributed by atoms with Gasteiger partial charge in [-0.2, -0.15) is 0 Å². The molecule has 1 fully saturated rings. The summed E-state index contributed by atoms with van der Waals surface area (Å²) >= 11 is 5.87. The van der Waals surface area contributed by atoms with Crippen LogP contribution in [0.2, 0.25) is 5.02 Å². The summed E-state index contributed by atoms with van der Waals surface area (Å²) in [5.41, 5.74) is 1.18. The van der Waals surface area contributed by atoms with Crippen LogP contribution in [0.5, 0.6) is 0 Å². The molecule has 0 atom stereocenters. The van der Waals surface area contributed by atoms with Crippen molar-refractivity contribution in [3.05, 3.63) is 34.9 Å². The summed E-state index contributed by atoms with van der Waals surface area (Å²) in [6, 6.07) is 7.81. The molecule has 0 spiro atoms. The molecule has 0 saturated carbocycles. The maximum absolute atomic E-state index is 5.87. The van der Waals surface area contributed by atoms with E-state index in [-0.39, 0.29) is 0 Å². The zero-order valence-electron chi connectivity index (χ0n) is 12.4. The Bertz CT molecular complexity index is 443. The largest absolute Gasteiger partial charge is 0.379 e. The van der Waals surface area contributed by atoms with Gasteiger partial charge < -0.3 is 15.4 Å². The first kappa shape index (κ1) is 16.1. The third-order valence-corrected chi connectivity index (χ3v) is 3.67. The Morgan fingerprint density at radius 1 is 1.24 bits per heavy atom. The summed E-state index contributed by atoms with van der Waals surface area (Å²) in [4.78, 5) is 6.62. The Balaban J connectivity index is 1.67. The van der Waals surface area contributed by atoms with E-state index in [9.17, 15) is 0 Å². The highest BCUT2D eigenvalue weighted by molar-refractivity contribution is 6.30. The number of rotatable bonds is 5. The lowest BCUT2D eigenvalue weighted by atomic mass is 10.2. The van der Waals surface area contributed by atoms with E-state index in [4.69, 9.17) is 16.3 Å². The zero-order valence-corrected chi connectivity index (χ0v) is 13.2. The van der Waals surface area contributed by atoms with E-state index in [0.29, 0.717) is 0 Å². The highest BCUT2D eigenvalue weighted by Gasteiger charge is 2.09. The van der Waals surface area contributed by atoms with E-state index < -0.39 is 0 Å². The zero-order chi connectivity index (χ0) is 14.9. The van der Waals surface area contributed by atoms with E-state index in [1.807, 2.05) is 24.3 Å². The average Bonchev–Trinajstić information content (AvgIpc) is 2.53. The number of hydrogen-bond acceptors (Lipinski definition) is 3. The second-order valence-electron chi connectivity index (χ2n) is 4.93. The summed E-state index contributed by atoms with van der Waals surface area (Å²) < 4.78 is 5.34. The molecule has 0 aliphatic carbocycles. The first-order chi connectivity index (χ1) is 10.3. The second-order valence-corrected chi connectivity index (χ2v) is 5.37. The lowest BCUT2D eigenvalue weighted by molar-refractivity contribution is 0.0389. The molecule has 1 aliphatic heterocycles. The lowest BCUT2D eigenvalue weighted by Gasteiger charge is -2.26. The number of ether oxygens (including phenoxy) is 1. The van der Waals surface area contributed by atoms with Crippen molar-refractivity contribution in [2.45, 2.75) is 6.54 Å². The van der Waals surface area contributed by atoms with Gasteiger partial charge in [0.15, 0.2) is 5.96 Å². The molecule has 21 heavy (non-hydrogen) atoms. The van der Waals surface area contributed by atoms with E-state index in [1.54, 1.807) is 7.05 Å². The van der Waals surface area contributed by atoms with Crippen LogP contribution in [0.25, 0.3) is 0 Å². The number of benzene rings is 1. The predicted molar refractivity (Wildman–Crippen MR) is 86.9 cm³/mol. The van der Waals surface area contributed by atoms with Crippen LogP contribution >= 0.6 is 11.6 Å². The molecule has 0 aromatic heterocycles. The number of halogens is 1. The van der Waals surface area contributed by atoms with Gasteiger partial charge in [0.1, 0.15) is 0 Å². The van der Waals surface area contributed by atoms with Crippen LogP contribution in [0.15, 0.2) is 29.3 Å². The first-order valence-corrected chi connectivity index (χ1v) is 7.65. The summed E-state index contributed by atoms with van der Waals surface area (Å²) in [6.45, 7) is 6.31. The van der Waals surface area contributed by atoms with Gasteiger partial charge >= 0.3 is 0 Å². The fourth-order valence-corrected chi connectivity index (χ4v) is 2.29. The van der Waals surface area contributed by atoms with Crippen LogP contribution < -0.4 is 10.6 Å². The number of aliphatic imine (C=N–C) groups is 1. The fraction of sp³-hybridized carbons (Fsp3) is 0.533. The molecule has 2 rings (SSSR count). The van der Waals surface area contributed by atoms with Gasteiger partial charge in [-0.1, -0.05) is 23.7 Å². The quantitative estimate of drug-likeness (QED) is 0.636. The molecule has 0 bridgehead atoms. The Hall–Kier alpha value is -1.30. The van der Waals surface area contributed by atoms with E-state index in [2.05, 4.69) is 20.5 Å². The molecule has 2 N–H and O–H groups in total. The van der Waals surface area contributed by atoms with Crippen molar-refractivity contribution in [3.8, 4) is 0 Å². The molecule has 1 aromatic rings. The Morgan fingerprint density at radius 3 is 2.62 bits per heavy atom. The first-order valence-electron chi connectivity index (χ1n) is 7.27. The Labute approximate surface area is 131 Å². The molecule has 6 heteroatoms. The molecular formula is C15H23ClN4O. The molecule has 1 heterocycles. The van der Waals surface area contributed by atoms with Crippen molar-refractivity contribution >= 4 is 17.6 Å². The number of guanidine groups is 1. The van der Waals surface area contributed by atoms with Gasteiger partial charge in [0.2, 0.25) is 0 Å². The lowest BCUT2D eigenvalue weighted by Crippen LogP contribution is -2.44. The third-order valence-electron chi connectivity index (χ3n) is 3.42. The fourth-order valence-electron chi connectivity index (χ4n) is 2.17. The Morgan fingerprint density at radius 2 is 1.95 bits per heavy atom. The number of hydrogen-bond donors (Lipinski definition) is 2. The average molecular weight is 311 g/mol. The van der Waals surface area contributed by atoms with Gasteiger partial charge in [-0.05, 0) is 17.7 Å². The number of nitrogens with one attached hydrogen (secondary N) is 2. The Kier molecular flexibility index (Phi) is 6.79. The summed E-state index contributed by atoms with van der Waals surface area (Å²) in [7, 11) is 1.78. The summed E-state index contributed by atoms with van der Waals surface area (Å²) in [6.07, 6.45) is 0. The maximum atomic E-state index is 5.87. The number of morpholine rings is 1. The van der Waals surface area contributed by atoms with E-state index in [1.165, 1.54) is 5.56 Å². The van der Waals surface area contributed by atoms with Gasteiger partial charge in [0.05, 0.1) is 13.2 Å². The molecule has 116 valence electrons. The smallest absolute Gasteiger partial charge is 0.191 e. The van der Waals surface area contributed by atoms with E-state index >= 15 is 0 Å². The maximum Gasteiger partial charge on any atom is 0.191 e.